The molecule has 3 aliphatic heterocycles. The highest BCUT2D eigenvalue weighted by atomic mass is 19.4. The summed E-state index contributed by atoms with van der Waals surface area (Å²) in [5.74, 6) is 1.22. The molecule has 0 spiro atoms. The van der Waals surface area contributed by atoms with Gasteiger partial charge < -0.3 is 9.47 Å². The highest BCUT2D eigenvalue weighted by molar-refractivity contribution is 5.81. The van der Waals surface area contributed by atoms with E-state index in [4.69, 9.17) is 4.98 Å². The molecule has 5 nitrogen and oxygen atoms in total. The van der Waals surface area contributed by atoms with Gasteiger partial charge in [0.25, 0.3) is 0 Å². The Bertz CT molecular complexity index is 1420. The van der Waals surface area contributed by atoms with Crippen molar-refractivity contribution in [2.45, 2.75) is 102 Å². The Kier molecular flexibility index (Phi) is 7.43. The van der Waals surface area contributed by atoms with Crippen molar-refractivity contribution in [1.82, 2.24) is 19.4 Å². The molecule has 3 atom stereocenters. The molecule has 0 N–H and O–H groups in total. The van der Waals surface area contributed by atoms with E-state index in [1.54, 1.807) is 12.1 Å². The molecule has 0 unspecified atom stereocenters. The molecule has 2 aromatic carbocycles. The summed E-state index contributed by atoms with van der Waals surface area (Å²) in [6, 6.07) is 15.7. The third kappa shape index (κ3) is 5.36. The van der Waals surface area contributed by atoms with Gasteiger partial charge >= 0.3 is 6.18 Å². The van der Waals surface area contributed by atoms with E-state index >= 15 is 0 Å². The lowest BCUT2D eigenvalue weighted by molar-refractivity contribution is -0.141. The summed E-state index contributed by atoms with van der Waals surface area (Å²) in [5, 5.41) is 0. The van der Waals surface area contributed by atoms with Gasteiger partial charge in [-0.15, -0.1) is 0 Å². The fourth-order valence-electron chi connectivity index (χ4n) is 8.10. The number of alkyl halides is 3. The monoisotopic (exact) mass is 580 g/mol. The van der Waals surface area contributed by atoms with Crippen molar-refractivity contribution in [1.29, 1.82) is 0 Å². The van der Waals surface area contributed by atoms with Crippen LogP contribution < -0.4 is 0 Å². The number of fused-ring (bicyclic) bond motifs is 3. The number of carbonyl (C=O) groups excluding carboxylic acids is 1. The second-order valence-electron chi connectivity index (χ2n) is 13.9. The van der Waals surface area contributed by atoms with Crippen molar-refractivity contribution in [3.63, 3.8) is 0 Å². The Morgan fingerprint density at radius 2 is 1.55 bits per heavy atom. The average molecular weight is 581 g/mol. The van der Waals surface area contributed by atoms with Crippen LogP contribution in [0, 0.1) is 12.3 Å². The van der Waals surface area contributed by atoms with E-state index in [0.717, 1.165) is 55.6 Å². The number of piperidine rings is 2. The van der Waals surface area contributed by atoms with Crippen molar-refractivity contribution >= 4 is 16.9 Å². The van der Waals surface area contributed by atoms with E-state index in [0.29, 0.717) is 31.2 Å². The Labute approximate surface area is 247 Å². The molecule has 6 rings (SSSR count). The van der Waals surface area contributed by atoms with Gasteiger partial charge in [0.2, 0.25) is 5.91 Å². The van der Waals surface area contributed by atoms with Crippen LogP contribution >= 0.6 is 0 Å². The number of aromatic nitrogens is 2. The van der Waals surface area contributed by atoms with Crippen LogP contribution in [0.5, 0.6) is 0 Å². The molecule has 1 aromatic heterocycles. The number of carbonyl (C=O) groups is 1. The zero-order valence-electron chi connectivity index (χ0n) is 25.3. The van der Waals surface area contributed by atoms with Crippen LogP contribution in [-0.4, -0.2) is 57.0 Å². The quantitative estimate of drug-likeness (QED) is 0.313. The minimum atomic E-state index is -4.35. The molecule has 1 amide bonds. The Hall–Kier alpha value is -2.87. The molecule has 8 heteroatoms. The standard InChI is InChI=1S/C34H43F3N4O/c1-23-38-29-7-5-6-8-30(29)41(23)28-21-26-13-14-27(22-28)40(26)20-17-33(24-9-11-25(12-10-24)34(35,36)37)15-18-39(19-16-33)31(42)32(2,3)4/h5-12,26-28H,13-22H2,1-4H3/t26-,27+,28+. The molecule has 2 bridgehead atoms. The molecule has 0 saturated carbocycles. The van der Waals surface area contributed by atoms with Crippen molar-refractivity contribution < 1.29 is 18.0 Å². The van der Waals surface area contributed by atoms with Gasteiger partial charge in [-0.1, -0.05) is 45.0 Å². The molecule has 42 heavy (non-hydrogen) atoms. The number of nitrogens with zero attached hydrogens (tertiary/aromatic N) is 4. The molecular weight excluding hydrogens is 537 g/mol. The molecule has 3 saturated heterocycles. The third-order valence-electron chi connectivity index (χ3n) is 10.3. The maximum absolute atomic E-state index is 13.4. The molecule has 3 aliphatic rings. The van der Waals surface area contributed by atoms with Gasteiger partial charge in [-0.3, -0.25) is 9.69 Å². The van der Waals surface area contributed by atoms with Crippen LogP contribution in [-0.2, 0) is 16.4 Å². The van der Waals surface area contributed by atoms with Gasteiger partial charge in [-0.25, -0.2) is 4.98 Å². The summed E-state index contributed by atoms with van der Waals surface area (Å²) in [7, 11) is 0. The lowest BCUT2D eigenvalue weighted by atomic mass is 9.69. The SMILES string of the molecule is Cc1nc2ccccc2n1[C@H]1C[C@H]2CC[C@@H](C1)N2CCC1(c2ccc(C(F)(F)F)cc2)CCN(C(=O)C(C)(C)C)CC1. The second-order valence-corrected chi connectivity index (χ2v) is 13.9. The van der Waals surface area contributed by atoms with Crippen molar-refractivity contribution in [3.8, 4) is 0 Å². The fraction of sp³-hybridized carbons (Fsp3) is 0.588. The predicted octanol–water partition coefficient (Wildman–Crippen LogP) is 7.53. The summed E-state index contributed by atoms with van der Waals surface area (Å²) in [5.41, 5.74) is 1.94. The van der Waals surface area contributed by atoms with Gasteiger partial charge in [-0.05, 0) is 93.7 Å². The number of aryl methyl sites for hydroxylation is 1. The van der Waals surface area contributed by atoms with Crippen molar-refractivity contribution in [2.75, 3.05) is 19.6 Å². The third-order valence-corrected chi connectivity index (χ3v) is 10.3. The number of imidazole rings is 1. The normalized spacial score (nSPS) is 24.8. The summed E-state index contributed by atoms with van der Waals surface area (Å²) in [6.07, 6.45) is 2.65. The fourth-order valence-corrected chi connectivity index (χ4v) is 8.10. The topological polar surface area (TPSA) is 41.4 Å². The molecule has 0 aliphatic carbocycles. The zero-order valence-corrected chi connectivity index (χ0v) is 25.3. The van der Waals surface area contributed by atoms with Gasteiger partial charge in [0.15, 0.2) is 0 Å². The lowest BCUT2D eigenvalue weighted by Crippen LogP contribution is -2.50. The van der Waals surface area contributed by atoms with E-state index in [1.807, 2.05) is 31.7 Å². The summed E-state index contributed by atoms with van der Waals surface area (Å²) in [6.45, 7) is 10.2. The van der Waals surface area contributed by atoms with Gasteiger partial charge in [0.1, 0.15) is 5.82 Å². The van der Waals surface area contributed by atoms with E-state index in [9.17, 15) is 18.0 Å². The maximum Gasteiger partial charge on any atom is 0.416 e. The first-order valence-electron chi connectivity index (χ1n) is 15.5. The molecule has 0 radical (unpaired) electrons. The summed E-state index contributed by atoms with van der Waals surface area (Å²) < 4.78 is 42.6. The van der Waals surface area contributed by atoms with Crippen molar-refractivity contribution in [2.24, 2.45) is 5.41 Å². The Morgan fingerprint density at radius 3 is 2.14 bits per heavy atom. The minimum absolute atomic E-state index is 0.144. The second kappa shape index (κ2) is 10.7. The zero-order chi connectivity index (χ0) is 29.9. The van der Waals surface area contributed by atoms with Crippen LogP contribution in [0.2, 0.25) is 0 Å². The smallest absolute Gasteiger partial charge is 0.342 e. The van der Waals surface area contributed by atoms with Crippen LogP contribution in [0.25, 0.3) is 11.0 Å². The summed E-state index contributed by atoms with van der Waals surface area (Å²) >= 11 is 0. The van der Waals surface area contributed by atoms with E-state index in [-0.39, 0.29) is 11.3 Å². The molecular formula is C34H43F3N4O. The largest absolute Gasteiger partial charge is 0.416 e. The molecule has 226 valence electrons. The summed E-state index contributed by atoms with van der Waals surface area (Å²) in [4.78, 5) is 22.5. The Balaban J connectivity index is 1.20. The van der Waals surface area contributed by atoms with Crippen LogP contribution in [0.1, 0.15) is 88.7 Å². The maximum atomic E-state index is 13.4. The number of para-hydroxylation sites is 2. The number of amides is 1. The van der Waals surface area contributed by atoms with Gasteiger partial charge in [0, 0.05) is 36.6 Å². The molecule has 4 heterocycles. The molecule has 3 aromatic rings. The van der Waals surface area contributed by atoms with Crippen molar-refractivity contribution in [3.05, 3.63) is 65.5 Å². The number of rotatable bonds is 5. The van der Waals surface area contributed by atoms with Gasteiger partial charge in [0.05, 0.1) is 16.6 Å². The lowest BCUT2D eigenvalue weighted by Gasteiger charge is -2.46. The van der Waals surface area contributed by atoms with Crippen LogP contribution in [0.3, 0.4) is 0 Å². The first-order valence-corrected chi connectivity index (χ1v) is 15.5. The predicted molar refractivity (Wildman–Crippen MR) is 159 cm³/mol. The van der Waals surface area contributed by atoms with E-state index in [2.05, 4.69) is 34.6 Å². The number of hydrogen-bond acceptors (Lipinski definition) is 3. The van der Waals surface area contributed by atoms with E-state index in [1.165, 1.54) is 30.5 Å². The number of hydrogen-bond donors (Lipinski definition) is 0. The molecule has 3 fully saturated rings. The first kappa shape index (κ1) is 29.2. The Morgan fingerprint density at radius 1 is 0.929 bits per heavy atom. The minimum Gasteiger partial charge on any atom is -0.342 e. The van der Waals surface area contributed by atoms with Crippen LogP contribution in [0.4, 0.5) is 13.2 Å². The first-order chi connectivity index (χ1) is 19.9. The van der Waals surface area contributed by atoms with E-state index < -0.39 is 17.2 Å². The average Bonchev–Trinajstić information content (AvgIpc) is 3.41. The van der Waals surface area contributed by atoms with Crippen LogP contribution in [0.15, 0.2) is 48.5 Å². The van der Waals surface area contributed by atoms with Gasteiger partial charge in [-0.2, -0.15) is 13.2 Å². The highest BCUT2D eigenvalue weighted by Crippen LogP contribution is 2.45. The number of likely N-dealkylation sites (tertiary alicyclic amines) is 1. The number of benzene rings is 2. The highest BCUT2D eigenvalue weighted by Gasteiger charge is 2.45. The number of halogens is 3.